The van der Waals surface area contributed by atoms with Crippen molar-refractivity contribution in [3.8, 4) is 23.0 Å². The molecule has 2 amide bonds. The Labute approximate surface area is 254 Å². The van der Waals surface area contributed by atoms with Crippen molar-refractivity contribution in [2.75, 3.05) is 48.9 Å². The summed E-state index contributed by atoms with van der Waals surface area (Å²) < 4.78 is 16.9. The molecule has 11 heteroatoms. The molecule has 0 unspecified atom stereocenters. The van der Waals surface area contributed by atoms with E-state index in [0.29, 0.717) is 58.5 Å². The number of urea groups is 1. The van der Waals surface area contributed by atoms with E-state index < -0.39 is 6.03 Å². The van der Waals surface area contributed by atoms with Gasteiger partial charge in [-0.25, -0.2) is 4.79 Å². The fraction of sp³-hybridized carbons (Fsp3) is 0.194. The minimum atomic E-state index is -0.596. The highest BCUT2D eigenvalue weighted by atomic mass is 35.5. The number of para-hydroxylation sites is 2. The van der Waals surface area contributed by atoms with E-state index >= 15 is 0 Å². The van der Waals surface area contributed by atoms with Gasteiger partial charge in [-0.3, -0.25) is 0 Å². The number of amides is 2. The van der Waals surface area contributed by atoms with Gasteiger partial charge in [-0.05, 0) is 60.7 Å². The molecular formula is C31H30Cl2N4O5. The van der Waals surface area contributed by atoms with E-state index in [2.05, 4.69) is 27.1 Å². The maximum Gasteiger partial charge on any atom is 0.352 e. The Bertz CT molecular complexity index is 1510. The first-order chi connectivity index (χ1) is 20.5. The third-order valence-corrected chi connectivity index (χ3v) is 6.84. The van der Waals surface area contributed by atoms with Gasteiger partial charge in [0, 0.05) is 47.0 Å². The number of hydrogen-bond donors (Lipinski definition) is 3. The summed E-state index contributed by atoms with van der Waals surface area (Å²) in [6.07, 6.45) is 0. The summed E-state index contributed by atoms with van der Waals surface area (Å²) in [7, 11) is 1.61. The van der Waals surface area contributed by atoms with Crippen LogP contribution in [0.25, 0.3) is 0 Å². The molecule has 1 aliphatic rings. The van der Waals surface area contributed by atoms with Crippen molar-refractivity contribution in [1.29, 1.82) is 0 Å². The Morgan fingerprint density at radius 2 is 1.62 bits per heavy atom. The van der Waals surface area contributed by atoms with Gasteiger partial charge in [0.15, 0.2) is 5.75 Å². The molecule has 9 nitrogen and oxygen atoms in total. The second kappa shape index (κ2) is 14.0. The van der Waals surface area contributed by atoms with Gasteiger partial charge in [0.1, 0.15) is 17.2 Å². The molecule has 1 saturated heterocycles. The predicted octanol–water partition coefficient (Wildman–Crippen LogP) is 7.36. The molecule has 3 N–H and O–H groups in total. The van der Waals surface area contributed by atoms with Crippen LogP contribution in [0.5, 0.6) is 23.0 Å². The van der Waals surface area contributed by atoms with E-state index in [4.69, 9.17) is 42.3 Å². The lowest BCUT2D eigenvalue weighted by molar-refractivity contribution is 0.123. The lowest BCUT2D eigenvalue weighted by Crippen LogP contribution is -2.36. The number of ether oxygens (including phenoxy) is 3. The number of hydrogen-bond acceptors (Lipinski definition) is 7. The molecule has 0 aromatic heterocycles. The molecule has 0 bridgehead atoms. The highest BCUT2D eigenvalue weighted by molar-refractivity contribution is 6.35. The highest BCUT2D eigenvalue weighted by Gasteiger charge is 2.16. The summed E-state index contributed by atoms with van der Waals surface area (Å²) >= 11 is 12.1. The molecule has 1 aliphatic heterocycles. The molecule has 42 heavy (non-hydrogen) atoms. The van der Waals surface area contributed by atoms with Crippen LogP contribution in [0.4, 0.5) is 21.9 Å². The van der Waals surface area contributed by atoms with Crippen LogP contribution < -0.4 is 35.3 Å². The standard InChI is InChI=1S/C31H30Cl2N4O5/c1-39-25-5-4-6-26(19-25)41-27-9-10-30(42-36-31(38)35-24-17-22(32)16-23(33)18-24)21(15-27)20-34-28-7-2-3-8-29(28)37-11-13-40-14-12-37/h2-10,15-19,34H,11-14,20H2,1H3,(H2,35,36,38). The minimum absolute atomic E-state index is 0.388. The van der Waals surface area contributed by atoms with Gasteiger partial charge in [-0.2, -0.15) is 5.48 Å². The topological polar surface area (TPSA) is 93.3 Å². The lowest BCUT2D eigenvalue weighted by Gasteiger charge is -2.30. The molecule has 1 fully saturated rings. The van der Waals surface area contributed by atoms with Crippen molar-refractivity contribution in [2.24, 2.45) is 0 Å². The van der Waals surface area contributed by atoms with Crippen molar-refractivity contribution >= 4 is 46.3 Å². The van der Waals surface area contributed by atoms with Gasteiger partial charge >= 0.3 is 6.03 Å². The highest BCUT2D eigenvalue weighted by Crippen LogP contribution is 2.32. The van der Waals surface area contributed by atoms with Crippen LogP contribution in [0.2, 0.25) is 10.0 Å². The van der Waals surface area contributed by atoms with Crippen LogP contribution in [-0.2, 0) is 11.3 Å². The van der Waals surface area contributed by atoms with E-state index in [1.165, 1.54) is 0 Å². The van der Waals surface area contributed by atoms with Crippen molar-refractivity contribution in [2.45, 2.75) is 6.54 Å². The summed E-state index contributed by atoms with van der Waals surface area (Å²) in [4.78, 5) is 20.6. The predicted molar refractivity (Wildman–Crippen MR) is 166 cm³/mol. The Morgan fingerprint density at radius 1 is 0.881 bits per heavy atom. The molecule has 218 valence electrons. The number of halogens is 2. The Kier molecular flexibility index (Phi) is 9.76. The average molecular weight is 610 g/mol. The summed E-state index contributed by atoms with van der Waals surface area (Å²) in [5.41, 5.74) is 5.66. The number of nitrogens with zero attached hydrogens (tertiary/aromatic N) is 1. The molecule has 5 rings (SSSR count). The van der Waals surface area contributed by atoms with Crippen LogP contribution in [0.3, 0.4) is 0 Å². The van der Waals surface area contributed by atoms with Crippen molar-refractivity contribution < 1.29 is 23.8 Å². The summed E-state index contributed by atoms with van der Waals surface area (Å²) in [6, 6.07) is 25.0. The smallest absolute Gasteiger partial charge is 0.352 e. The van der Waals surface area contributed by atoms with Gasteiger partial charge < -0.3 is 34.6 Å². The zero-order chi connectivity index (χ0) is 29.3. The molecular weight excluding hydrogens is 579 g/mol. The number of anilines is 3. The van der Waals surface area contributed by atoms with Crippen molar-refractivity contribution in [3.05, 3.63) is 101 Å². The van der Waals surface area contributed by atoms with Crippen LogP contribution >= 0.6 is 23.2 Å². The first-order valence-corrected chi connectivity index (χ1v) is 14.0. The Morgan fingerprint density at radius 3 is 2.40 bits per heavy atom. The largest absolute Gasteiger partial charge is 0.497 e. The van der Waals surface area contributed by atoms with E-state index in [0.717, 1.165) is 30.0 Å². The molecule has 4 aromatic rings. The first kappa shape index (κ1) is 29.2. The zero-order valence-electron chi connectivity index (χ0n) is 22.9. The second-order valence-corrected chi connectivity index (χ2v) is 10.2. The molecule has 1 heterocycles. The van der Waals surface area contributed by atoms with Gasteiger partial charge in [0.25, 0.3) is 0 Å². The first-order valence-electron chi connectivity index (χ1n) is 13.3. The fourth-order valence-electron chi connectivity index (χ4n) is 4.44. The van der Waals surface area contributed by atoms with Gasteiger partial charge in [0.2, 0.25) is 0 Å². The number of carbonyl (C=O) groups is 1. The average Bonchev–Trinajstić information content (AvgIpc) is 2.99. The molecule has 4 aromatic carbocycles. The second-order valence-electron chi connectivity index (χ2n) is 9.34. The number of morpholine rings is 1. The lowest BCUT2D eigenvalue weighted by atomic mass is 10.1. The van der Waals surface area contributed by atoms with Gasteiger partial charge in [0.05, 0.1) is 31.7 Å². The van der Waals surface area contributed by atoms with E-state index in [-0.39, 0.29) is 0 Å². The summed E-state index contributed by atoms with van der Waals surface area (Å²) in [5, 5.41) is 6.98. The van der Waals surface area contributed by atoms with Crippen molar-refractivity contribution in [1.82, 2.24) is 5.48 Å². The van der Waals surface area contributed by atoms with Crippen LogP contribution in [0, 0.1) is 0 Å². The zero-order valence-corrected chi connectivity index (χ0v) is 24.4. The Hall–Kier alpha value is -4.31. The van der Waals surface area contributed by atoms with Crippen molar-refractivity contribution in [3.63, 3.8) is 0 Å². The molecule has 0 atom stereocenters. The Balaban J connectivity index is 1.34. The molecule has 0 aliphatic carbocycles. The van der Waals surface area contributed by atoms with Gasteiger partial charge in [-0.15, -0.1) is 0 Å². The number of benzene rings is 4. The molecule has 0 saturated carbocycles. The van der Waals surface area contributed by atoms with Crippen LogP contribution in [0.1, 0.15) is 5.56 Å². The fourth-order valence-corrected chi connectivity index (χ4v) is 4.96. The molecule has 0 radical (unpaired) electrons. The summed E-state index contributed by atoms with van der Waals surface area (Å²) in [6.45, 7) is 3.39. The monoisotopic (exact) mass is 608 g/mol. The number of rotatable bonds is 10. The molecule has 0 spiro atoms. The number of nitrogens with one attached hydrogen (secondary N) is 3. The third-order valence-electron chi connectivity index (χ3n) is 6.41. The van der Waals surface area contributed by atoms with E-state index in [1.54, 1.807) is 43.5 Å². The maximum atomic E-state index is 12.6. The number of hydroxylamine groups is 1. The summed E-state index contributed by atoms with van der Waals surface area (Å²) in [5.74, 6) is 2.33. The van der Waals surface area contributed by atoms with Crippen LogP contribution in [0.15, 0.2) is 84.9 Å². The normalized spacial score (nSPS) is 12.8. The number of methoxy groups -OCH3 is 1. The maximum absolute atomic E-state index is 12.6. The van der Waals surface area contributed by atoms with E-state index in [9.17, 15) is 4.79 Å². The minimum Gasteiger partial charge on any atom is -0.497 e. The van der Waals surface area contributed by atoms with Crippen LogP contribution in [-0.4, -0.2) is 39.4 Å². The third kappa shape index (κ3) is 7.91. The van der Waals surface area contributed by atoms with Gasteiger partial charge in [-0.1, -0.05) is 41.4 Å². The van der Waals surface area contributed by atoms with E-state index in [1.807, 2.05) is 42.5 Å². The number of carbonyl (C=O) groups excluding carboxylic acids is 1. The SMILES string of the molecule is COc1cccc(Oc2ccc(ONC(=O)Nc3cc(Cl)cc(Cl)c3)c(CNc3ccccc3N3CCOCC3)c2)c1. The quantitative estimate of drug-likeness (QED) is 0.162.